The number of oxime groups is 1. The van der Waals surface area contributed by atoms with Gasteiger partial charge < -0.3 is 41.5 Å². The first-order valence-corrected chi connectivity index (χ1v) is 15.0. The number of hydrogen-bond donors (Lipinski definition) is 7. The van der Waals surface area contributed by atoms with Crippen molar-refractivity contribution in [2.45, 2.75) is 36.1 Å². The summed E-state index contributed by atoms with van der Waals surface area (Å²) in [4.78, 5) is 87.3. The maximum atomic E-state index is 13.8. The Bertz CT molecular complexity index is 1930. The van der Waals surface area contributed by atoms with Gasteiger partial charge in [-0.05, 0) is 32.1 Å². The lowest BCUT2D eigenvalue weighted by molar-refractivity contribution is -0.161. The van der Waals surface area contributed by atoms with Crippen LogP contribution in [-0.4, -0.2) is 87.9 Å². The van der Waals surface area contributed by atoms with Gasteiger partial charge in [-0.25, -0.2) is 14.6 Å². The third-order valence-electron chi connectivity index (χ3n) is 6.93. The SMILES string of the molecule is CC(C)(ON=C(C(=O)NC1(CNC(=O)c2cccc3[nH]cc(O)c(=O)c23)C=C(C(=O)O)N2C(=O)C[C@@H]2S1)c1csc(N)n1)C(=O)O. The Hall–Kier alpha value is -5.43. The number of aromatic hydroxyl groups is 1. The lowest BCUT2D eigenvalue weighted by atomic mass is 10.1. The van der Waals surface area contributed by atoms with Crippen molar-refractivity contribution in [3.63, 3.8) is 0 Å². The highest BCUT2D eigenvalue weighted by molar-refractivity contribution is 8.01. The van der Waals surface area contributed by atoms with E-state index in [0.29, 0.717) is 0 Å². The number of benzene rings is 1. The van der Waals surface area contributed by atoms with E-state index in [0.717, 1.165) is 40.3 Å². The van der Waals surface area contributed by atoms with Crippen LogP contribution in [0.5, 0.6) is 5.75 Å². The van der Waals surface area contributed by atoms with E-state index in [1.54, 1.807) is 0 Å². The number of aromatic amines is 1. The third kappa shape index (κ3) is 5.96. The number of thioether (sulfide) groups is 1. The first-order chi connectivity index (χ1) is 21.6. The van der Waals surface area contributed by atoms with Gasteiger partial charge in [-0.3, -0.25) is 24.1 Å². The van der Waals surface area contributed by atoms with Crippen LogP contribution in [0.2, 0.25) is 0 Å². The quantitative estimate of drug-likeness (QED) is 0.0874. The number of hydrogen-bond acceptors (Lipinski definition) is 13. The highest BCUT2D eigenvalue weighted by atomic mass is 32.2. The third-order valence-corrected chi connectivity index (χ3v) is 9.04. The van der Waals surface area contributed by atoms with Crippen LogP contribution < -0.4 is 21.8 Å². The monoisotopic (exact) mass is 671 g/mol. The highest BCUT2D eigenvalue weighted by Gasteiger charge is 2.51. The van der Waals surface area contributed by atoms with Crippen LogP contribution in [0.3, 0.4) is 0 Å². The number of nitrogens with zero attached hydrogens (tertiary/aromatic N) is 3. The molecule has 4 heterocycles. The molecule has 3 amide bonds. The van der Waals surface area contributed by atoms with Gasteiger partial charge >= 0.3 is 11.9 Å². The number of rotatable bonds is 10. The highest BCUT2D eigenvalue weighted by Crippen LogP contribution is 2.45. The molecule has 5 rings (SSSR count). The zero-order chi connectivity index (χ0) is 33.6. The summed E-state index contributed by atoms with van der Waals surface area (Å²) < 4.78 is 0. The molecule has 2 aliphatic rings. The summed E-state index contributed by atoms with van der Waals surface area (Å²) in [5.74, 6) is -5.77. The Morgan fingerprint density at radius 3 is 2.63 bits per heavy atom. The number of nitrogens with two attached hydrogens (primary N) is 1. The summed E-state index contributed by atoms with van der Waals surface area (Å²) in [7, 11) is 0. The summed E-state index contributed by atoms with van der Waals surface area (Å²) in [6, 6.07) is 4.36. The molecule has 2 aromatic heterocycles. The Labute approximate surface area is 266 Å². The molecule has 0 aliphatic carbocycles. The molecule has 19 heteroatoms. The predicted molar refractivity (Wildman–Crippen MR) is 164 cm³/mol. The minimum Gasteiger partial charge on any atom is -0.503 e. The fraction of sp³-hybridized carbons (Fsp3) is 0.259. The van der Waals surface area contributed by atoms with Crippen molar-refractivity contribution in [3.8, 4) is 5.75 Å². The Morgan fingerprint density at radius 2 is 2.00 bits per heavy atom. The molecule has 8 N–H and O–H groups in total. The number of fused-ring (bicyclic) bond motifs is 2. The van der Waals surface area contributed by atoms with Gasteiger partial charge in [0, 0.05) is 11.6 Å². The van der Waals surface area contributed by atoms with E-state index in [9.17, 15) is 44.1 Å². The van der Waals surface area contributed by atoms with Gasteiger partial charge in [-0.2, -0.15) is 0 Å². The standard InChI is InChI=1S/C27H25N7O10S2/c1-26(2,24(42)43)44-33-19(13-9-45-25(28)31-13)22(39)32-27(7-14(23(40)41)34-16(36)6-17(34)46-27)10-30-21(38)11-4-3-5-12-18(11)20(37)15(35)8-29-12/h3-5,7-9,17,35H,6,10H2,1-2H3,(H2,28,31)(H,29,37)(H,30,38)(H,32,39)(H,40,41)(H,42,43)/t17-,27?/m0/s1. The van der Waals surface area contributed by atoms with Crippen molar-refractivity contribution < 1.29 is 44.1 Å². The molecule has 3 aromatic rings. The fourth-order valence-electron chi connectivity index (χ4n) is 4.51. The number of anilines is 1. The van der Waals surface area contributed by atoms with Crippen molar-refractivity contribution in [3.05, 3.63) is 63.0 Å². The number of carbonyl (C=O) groups excluding carboxylic acids is 3. The average molecular weight is 672 g/mol. The molecule has 1 aromatic carbocycles. The normalized spacial score (nSPS) is 19.5. The number of β-lactam (4-membered cyclic amide) rings is 1. The molecule has 0 spiro atoms. The maximum Gasteiger partial charge on any atom is 0.352 e. The second-order valence-electron chi connectivity index (χ2n) is 10.6. The van der Waals surface area contributed by atoms with Crippen molar-refractivity contribution in [1.82, 2.24) is 25.5 Å². The van der Waals surface area contributed by atoms with Crippen LogP contribution in [0.1, 0.15) is 36.3 Å². The zero-order valence-electron chi connectivity index (χ0n) is 23.9. The van der Waals surface area contributed by atoms with Crippen molar-refractivity contribution in [2.24, 2.45) is 5.16 Å². The number of H-pyrrole nitrogens is 1. The number of carbonyl (C=O) groups is 5. The number of thiazole rings is 1. The first-order valence-electron chi connectivity index (χ1n) is 13.2. The molecule has 1 unspecified atom stereocenters. The first kappa shape index (κ1) is 32.0. The molecular formula is C27H25N7O10S2. The van der Waals surface area contributed by atoms with Crippen LogP contribution in [0, 0.1) is 0 Å². The van der Waals surface area contributed by atoms with Crippen molar-refractivity contribution in [1.29, 1.82) is 0 Å². The van der Waals surface area contributed by atoms with Gasteiger partial charge in [0.25, 0.3) is 11.8 Å². The summed E-state index contributed by atoms with van der Waals surface area (Å²) in [6.45, 7) is 1.92. The minimum absolute atomic E-state index is 0.0507. The molecule has 0 radical (unpaired) electrons. The molecule has 1 fully saturated rings. The number of carboxylic acids is 2. The van der Waals surface area contributed by atoms with E-state index in [-0.39, 0.29) is 33.7 Å². The van der Waals surface area contributed by atoms with E-state index in [1.807, 2.05) is 0 Å². The topological polar surface area (TPSA) is 267 Å². The van der Waals surface area contributed by atoms with Crippen LogP contribution in [0.4, 0.5) is 5.13 Å². The molecular weight excluding hydrogens is 646 g/mol. The summed E-state index contributed by atoms with van der Waals surface area (Å²) >= 11 is 1.91. The second kappa shape index (κ2) is 11.8. The smallest absolute Gasteiger partial charge is 0.352 e. The van der Waals surface area contributed by atoms with Crippen LogP contribution >= 0.6 is 23.1 Å². The van der Waals surface area contributed by atoms with Crippen molar-refractivity contribution in [2.75, 3.05) is 12.3 Å². The Balaban J connectivity index is 1.54. The molecule has 0 bridgehead atoms. The second-order valence-corrected chi connectivity index (χ2v) is 12.9. The maximum absolute atomic E-state index is 13.8. The molecule has 1 saturated heterocycles. The number of pyridine rings is 1. The van der Waals surface area contributed by atoms with Gasteiger partial charge in [0.2, 0.25) is 16.9 Å². The molecule has 240 valence electrons. The predicted octanol–water partition coefficient (Wildman–Crippen LogP) is 0.373. The number of aliphatic carboxylic acids is 2. The van der Waals surface area contributed by atoms with E-state index in [4.69, 9.17) is 10.6 Å². The van der Waals surface area contributed by atoms with Crippen LogP contribution in [0.15, 0.2) is 51.5 Å². The average Bonchev–Trinajstić information content (AvgIpc) is 3.42. The fourth-order valence-corrected chi connectivity index (χ4v) is 6.59. The zero-order valence-corrected chi connectivity index (χ0v) is 25.5. The molecule has 0 saturated carbocycles. The molecule has 46 heavy (non-hydrogen) atoms. The van der Waals surface area contributed by atoms with E-state index in [2.05, 4.69) is 25.8 Å². The largest absolute Gasteiger partial charge is 0.503 e. The number of nitrogens with one attached hydrogen (secondary N) is 3. The van der Waals surface area contributed by atoms with Crippen LogP contribution in [0.25, 0.3) is 10.9 Å². The lowest BCUT2D eigenvalue weighted by Crippen LogP contribution is -2.63. The van der Waals surface area contributed by atoms with Gasteiger partial charge in [0.05, 0.1) is 34.8 Å². The van der Waals surface area contributed by atoms with Gasteiger partial charge in [0.15, 0.2) is 16.6 Å². The summed E-state index contributed by atoms with van der Waals surface area (Å²) in [6.07, 6.45) is 2.09. The van der Waals surface area contributed by atoms with Gasteiger partial charge in [-0.15, -0.1) is 23.1 Å². The summed E-state index contributed by atoms with van der Waals surface area (Å²) in [5, 5.41) is 38.9. The Kier molecular flexibility index (Phi) is 8.22. The van der Waals surface area contributed by atoms with E-state index < -0.39 is 74.6 Å². The molecule has 2 aliphatic heterocycles. The van der Waals surface area contributed by atoms with Crippen molar-refractivity contribution >= 4 is 74.5 Å². The molecule has 17 nitrogen and oxygen atoms in total. The number of amides is 3. The van der Waals surface area contributed by atoms with Gasteiger partial charge in [-0.1, -0.05) is 11.2 Å². The molecule has 2 atom stereocenters. The van der Waals surface area contributed by atoms with Crippen LogP contribution in [-0.2, 0) is 24.0 Å². The number of carboxylic acid groups (broad SMARTS) is 2. The summed E-state index contributed by atoms with van der Waals surface area (Å²) in [5.41, 5.74) is 2.15. The number of nitrogen functional groups attached to an aromatic ring is 1. The van der Waals surface area contributed by atoms with E-state index in [1.165, 1.54) is 37.4 Å². The van der Waals surface area contributed by atoms with E-state index >= 15 is 0 Å². The minimum atomic E-state index is -1.87. The number of aromatic nitrogens is 2. The lowest BCUT2D eigenvalue weighted by Gasteiger charge is -2.49. The van der Waals surface area contributed by atoms with Gasteiger partial charge in [0.1, 0.15) is 16.3 Å². The Morgan fingerprint density at radius 1 is 1.26 bits per heavy atom.